The Morgan fingerprint density at radius 2 is 1.79 bits per heavy atom. The Labute approximate surface area is 116 Å². The van der Waals surface area contributed by atoms with E-state index in [0.29, 0.717) is 6.54 Å². The molecule has 0 unspecified atom stereocenters. The van der Waals surface area contributed by atoms with E-state index in [4.69, 9.17) is 4.74 Å². The summed E-state index contributed by atoms with van der Waals surface area (Å²) in [5.41, 5.74) is 0. The Morgan fingerprint density at radius 1 is 1.21 bits per heavy atom. The van der Waals surface area contributed by atoms with Crippen molar-refractivity contribution < 1.29 is 14.3 Å². The summed E-state index contributed by atoms with van der Waals surface area (Å²) < 4.78 is 4.79. The number of urea groups is 1. The van der Waals surface area contributed by atoms with Gasteiger partial charge in [0.15, 0.2) is 0 Å². The third-order valence-electron chi connectivity index (χ3n) is 2.64. The first-order valence-corrected chi connectivity index (χ1v) is 6.97. The number of rotatable bonds is 10. The molecule has 0 aliphatic rings. The molecule has 0 bridgehead atoms. The molecule has 0 saturated carbocycles. The third-order valence-corrected chi connectivity index (χ3v) is 2.64. The Hall–Kier alpha value is -1.52. The maximum absolute atomic E-state index is 11.9. The molecule has 0 fully saturated rings. The smallest absolute Gasteiger partial charge is 0.330 e. The quantitative estimate of drug-likeness (QED) is 0.376. The van der Waals surface area contributed by atoms with Crippen molar-refractivity contribution in [3.8, 4) is 0 Å². The van der Waals surface area contributed by atoms with Crippen molar-refractivity contribution in [2.24, 2.45) is 0 Å². The summed E-state index contributed by atoms with van der Waals surface area (Å²) in [7, 11) is 0. The predicted molar refractivity (Wildman–Crippen MR) is 75.9 cm³/mol. The number of nitrogens with zero attached hydrogens (tertiary/aromatic N) is 1. The zero-order valence-electron chi connectivity index (χ0n) is 12.1. The van der Waals surface area contributed by atoms with Crippen LogP contribution in [-0.2, 0) is 9.53 Å². The first-order chi connectivity index (χ1) is 9.15. The number of hydrogen-bond acceptors (Lipinski definition) is 3. The summed E-state index contributed by atoms with van der Waals surface area (Å²) in [6.45, 7) is 9.55. The van der Waals surface area contributed by atoms with Crippen molar-refractivity contribution in [2.75, 3.05) is 26.2 Å². The fourth-order valence-corrected chi connectivity index (χ4v) is 1.49. The minimum absolute atomic E-state index is 0.0865. The van der Waals surface area contributed by atoms with E-state index < -0.39 is 5.97 Å². The maximum Gasteiger partial charge on any atom is 0.330 e. The van der Waals surface area contributed by atoms with Crippen LogP contribution < -0.4 is 5.32 Å². The second-order valence-electron chi connectivity index (χ2n) is 4.30. The van der Waals surface area contributed by atoms with E-state index in [1.54, 1.807) is 0 Å². The van der Waals surface area contributed by atoms with Crippen LogP contribution in [0.15, 0.2) is 12.7 Å². The highest BCUT2D eigenvalue weighted by molar-refractivity contribution is 5.81. The maximum atomic E-state index is 11.9. The van der Waals surface area contributed by atoms with Crippen molar-refractivity contribution in [1.82, 2.24) is 10.2 Å². The average molecular weight is 270 g/mol. The lowest BCUT2D eigenvalue weighted by atomic mass is 10.3. The number of hydrogen-bond donors (Lipinski definition) is 1. The van der Waals surface area contributed by atoms with Gasteiger partial charge in [-0.25, -0.2) is 9.59 Å². The molecule has 0 aliphatic carbocycles. The van der Waals surface area contributed by atoms with Crippen LogP contribution in [0.2, 0.25) is 0 Å². The number of ether oxygens (including phenoxy) is 1. The lowest BCUT2D eigenvalue weighted by Crippen LogP contribution is -2.42. The highest BCUT2D eigenvalue weighted by atomic mass is 16.5. The van der Waals surface area contributed by atoms with Gasteiger partial charge in [-0.1, -0.05) is 33.3 Å². The molecule has 0 aromatic carbocycles. The summed E-state index contributed by atoms with van der Waals surface area (Å²) >= 11 is 0. The van der Waals surface area contributed by atoms with Gasteiger partial charge in [0.25, 0.3) is 0 Å². The Bertz CT molecular complexity index is 272. The molecule has 0 radical (unpaired) electrons. The molecule has 0 heterocycles. The highest BCUT2D eigenvalue weighted by Crippen LogP contribution is 1.99. The zero-order chi connectivity index (χ0) is 14.5. The molecule has 0 aliphatic heterocycles. The third kappa shape index (κ3) is 9.11. The van der Waals surface area contributed by atoms with Gasteiger partial charge in [-0.3, -0.25) is 0 Å². The molecule has 0 aromatic rings. The fraction of sp³-hybridized carbons (Fsp3) is 0.714. The molecule has 5 nitrogen and oxygen atoms in total. The summed E-state index contributed by atoms with van der Waals surface area (Å²) in [6, 6.07) is -0.0865. The molecular formula is C14H26N2O3. The summed E-state index contributed by atoms with van der Waals surface area (Å²) in [4.78, 5) is 24.6. The van der Waals surface area contributed by atoms with E-state index in [0.717, 1.165) is 44.8 Å². The van der Waals surface area contributed by atoms with Crippen LogP contribution in [0.25, 0.3) is 0 Å². The van der Waals surface area contributed by atoms with E-state index in [1.807, 2.05) is 4.90 Å². The van der Waals surface area contributed by atoms with Crippen molar-refractivity contribution in [2.45, 2.75) is 39.5 Å². The standard InChI is InChI=1S/C14H26N2O3/c1-4-7-10-16(11-8-5-2)14(18)15-9-12-19-13(17)6-3/h6H,3-5,7-12H2,1-2H3,(H,15,18). The molecule has 110 valence electrons. The predicted octanol–water partition coefficient (Wildman–Crippen LogP) is 2.33. The number of nitrogens with one attached hydrogen (secondary N) is 1. The van der Waals surface area contributed by atoms with Crippen LogP contribution in [0.3, 0.4) is 0 Å². The SMILES string of the molecule is C=CC(=O)OCCNC(=O)N(CCCC)CCCC. The largest absolute Gasteiger partial charge is 0.461 e. The number of esters is 1. The fourth-order valence-electron chi connectivity index (χ4n) is 1.49. The van der Waals surface area contributed by atoms with Crippen LogP contribution in [0.4, 0.5) is 4.79 Å². The van der Waals surface area contributed by atoms with Gasteiger partial charge in [0, 0.05) is 19.2 Å². The molecule has 19 heavy (non-hydrogen) atoms. The van der Waals surface area contributed by atoms with Crippen LogP contribution in [0.1, 0.15) is 39.5 Å². The van der Waals surface area contributed by atoms with Gasteiger partial charge in [-0.15, -0.1) is 0 Å². The van der Waals surface area contributed by atoms with E-state index >= 15 is 0 Å². The summed E-state index contributed by atoms with van der Waals surface area (Å²) in [5.74, 6) is -0.469. The Balaban J connectivity index is 3.94. The number of carbonyl (C=O) groups is 2. The second-order valence-corrected chi connectivity index (χ2v) is 4.30. The van der Waals surface area contributed by atoms with Gasteiger partial charge in [-0.05, 0) is 12.8 Å². The van der Waals surface area contributed by atoms with E-state index in [2.05, 4.69) is 25.7 Å². The van der Waals surface area contributed by atoms with Gasteiger partial charge >= 0.3 is 12.0 Å². The molecule has 0 atom stereocenters. The van der Waals surface area contributed by atoms with Crippen LogP contribution >= 0.6 is 0 Å². The highest BCUT2D eigenvalue weighted by Gasteiger charge is 2.11. The van der Waals surface area contributed by atoms with Crippen molar-refractivity contribution in [1.29, 1.82) is 0 Å². The Morgan fingerprint density at radius 3 is 2.26 bits per heavy atom. The molecule has 0 spiro atoms. The number of carbonyl (C=O) groups excluding carboxylic acids is 2. The minimum atomic E-state index is -0.469. The van der Waals surface area contributed by atoms with Gasteiger partial charge in [-0.2, -0.15) is 0 Å². The van der Waals surface area contributed by atoms with Gasteiger partial charge < -0.3 is 15.0 Å². The van der Waals surface area contributed by atoms with E-state index in [9.17, 15) is 9.59 Å². The monoisotopic (exact) mass is 270 g/mol. The number of amides is 2. The molecular weight excluding hydrogens is 244 g/mol. The minimum Gasteiger partial charge on any atom is -0.461 e. The van der Waals surface area contributed by atoms with Crippen molar-refractivity contribution in [3.05, 3.63) is 12.7 Å². The summed E-state index contributed by atoms with van der Waals surface area (Å²) in [5, 5.41) is 2.76. The number of unbranched alkanes of at least 4 members (excludes halogenated alkanes) is 2. The molecule has 0 aromatic heterocycles. The lowest BCUT2D eigenvalue weighted by Gasteiger charge is -2.22. The van der Waals surface area contributed by atoms with Gasteiger partial charge in [0.1, 0.15) is 6.61 Å². The first kappa shape index (κ1) is 17.5. The Kier molecular flexibility index (Phi) is 10.6. The molecule has 1 N–H and O–H groups in total. The average Bonchev–Trinajstić information content (AvgIpc) is 2.43. The zero-order valence-corrected chi connectivity index (χ0v) is 12.1. The first-order valence-electron chi connectivity index (χ1n) is 6.97. The molecule has 0 saturated heterocycles. The van der Waals surface area contributed by atoms with Crippen molar-refractivity contribution in [3.63, 3.8) is 0 Å². The van der Waals surface area contributed by atoms with Crippen LogP contribution in [0.5, 0.6) is 0 Å². The van der Waals surface area contributed by atoms with Gasteiger partial charge in [0.2, 0.25) is 0 Å². The van der Waals surface area contributed by atoms with Crippen LogP contribution in [-0.4, -0.2) is 43.1 Å². The van der Waals surface area contributed by atoms with E-state index in [1.165, 1.54) is 0 Å². The topological polar surface area (TPSA) is 58.6 Å². The lowest BCUT2D eigenvalue weighted by molar-refractivity contribution is -0.137. The molecule has 5 heteroatoms. The molecule has 0 rings (SSSR count). The van der Waals surface area contributed by atoms with Crippen LogP contribution in [0, 0.1) is 0 Å². The van der Waals surface area contributed by atoms with E-state index in [-0.39, 0.29) is 12.6 Å². The van der Waals surface area contributed by atoms with Crippen molar-refractivity contribution >= 4 is 12.0 Å². The summed E-state index contributed by atoms with van der Waals surface area (Å²) in [6.07, 6.45) is 5.24. The second kappa shape index (κ2) is 11.6. The van der Waals surface area contributed by atoms with Gasteiger partial charge in [0.05, 0.1) is 6.54 Å². The molecule has 2 amide bonds. The normalized spacial score (nSPS) is 9.79.